The van der Waals surface area contributed by atoms with Gasteiger partial charge in [-0.25, -0.2) is 8.78 Å². The van der Waals surface area contributed by atoms with Crippen LogP contribution in [0.5, 0.6) is 0 Å². The maximum Gasteiger partial charge on any atom is 0.239 e. The summed E-state index contributed by atoms with van der Waals surface area (Å²) in [7, 11) is 0. The predicted molar refractivity (Wildman–Crippen MR) is 67.3 cm³/mol. The summed E-state index contributed by atoms with van der Waals surface area (Å²) in [5.74, 6) is -1.47. The van der Waals surface area contributed by atoms with Gasteiger partial charge in [-0.3, -0.25) is 4.79 Å². The van der Waals surface area contributed by atoms with E-state index in [2.05, 4.69) is 24.5 Å². The van der Waals surface area contributed by atoms with Crippen LogP contribution in [0.1, 0.15) is 20.3 Å². The lowest BCUT2D eigenvalue weighted by Crippen LogP contribution is -2.31. The van der Waals surface area contributed by atoms with Crippen LogP contribution in [-0.2, 0) is 4.79 Å². The molecule has 5 heteroatoms. The highest BCUT2D eigenvalue weighted by Crippen LogP contribution is 2.12. The number of anilines is 1. The molecule has 0 saturated carbocycles. The molecule has 0 saturated heterocycles. The Morgan fingerprint density at radius 3 is 2.61 bits per heavy atom. The monoisotopic (exact) mass is 256 g/mol. The number of nitrogens with one attached hydrogen (secondary N) is 2. The van der Waals surface area contributed by atoms with Crippen molar-refractivity contribution in [3.05, 3.63) is 29.8 Å². The first kappa shape index (κ1) is 14.4. The molecule has 1 aromatic rings. The van der Waals surface area contributed by atoms with Crippen molar-refractivity contribution in [2.75, 3.05) is 18.4 Å². The van der Waals surface area contributed by atoms with Crippen LogP contribution in [0.2, 0.25) is 0 Å². The summed E-state index contributed by atoms with van der Waals surface area (Å²) in [4.78, 5) is 11.4. The molecule has 0 unspecified atom stereocenters. The third kappa shape index (κ3) is 5.12. The van der Waals surface area contributed by atoms with Gasteiger partial charge < -0.3 is 10.6 Å². The summed E-state index contributed by atoms with van der Waals surface area (Å²) in [5.41, 5.74) is 0.382. The number of carbonyl (C=O) groups excluding carboxylic acids is 1. The van der Waals surface area contributed by atoms with Crippen molar-refractivity contribution in [2.45, 2.75) is 20.3 Å². The van der Waals surface area contributed by atoms with E-state index in [0.29, 0.717) is 18.2 Å². The van der Waals surface area contributed by atoms with Crippen LogP contribution in [0.4, 0.5) is 14.5 Å². The Kier molecular flexibility index (Phi) is 5.55. The van der Waals surface area contributed by atoms with Gasteiger partial charge >= 0.3 is 0 Å². The molecule has 0 aromatic heterocycles. The molecule has 0 bridgehead atoms. The molecule has 1 amide bonds. The highest BCUT2D eigenvalue weighted by atomic mass is 19.2. The maximum absolute atomic E-state index is 12.9. The third-order valence-corrected chi connectivity index (χ3v) is 2.42. The van der Waals surface area contributed by atoms with Crippen molar-refractivity contribution < 1.29 is 13.6 Å². The van der Waals surface area contributed by atoms with E-state index in [1.807, 2.05) is 0 Å². The molecule has 0 heterocycles. The van der Waals surface area contributed by atoms with Crippen molar-refractivity contribution in [3.63, 3.8) is 0 Å². The second-order valence-electron chi connectivity index (χ2n) is 4.51. The number of halogens is 2. The molecule has 0 radical (unpaired) electrons. The molecule has 100 valence electrons. The maximum atomic E-state index is 12.9. The molecule has 0 aliphatic heterocycles. The van der Waals surface area contributed by atoms with Crippen LogP contribution < -0.4 is 10.6 Å². The quantitative estimate of drug-likeness (QED) is 0.821. The van der Waals surface area contributed by atoms with Gasteiger partial charge in [0.15, 0.2) is 11.6 Å². The SMILES string of the molecule is CC(C)CCNC(=O)CNc1ccc(F)c(F)c1. The van der Waals surface area contributed by atoms with E-state index in [9.17, 15) is 13.6 Å². The van der Waals surface area contributed by atoms with E-state index in [0.717, 1.165) is 18.6 Å². The first-order chi connectivity index (χ1) is 8.49. The van der Waals surface area contributed by atoms with Crippen LogP contribution in [0.15, 0.2) is 18.2 Å². The molecule has 3 nitrogen and oxygen atoms in total. The molecule has 0 aliphatic carbocycles. The van der Waals surface area contributed by atoms with Crippen molar-refractivity contribution in [1.82, 2.24) is 5.32 Å². The molecule has 0 fully saturated rings. The molecule has 18 heavy (non-hydrogen) atoms. The van der Waals surface area contributed by atoms with Gasteiger partial charge in [-0.1, -0.05) is 13.8 Å². The smallest absolute Gasteiger partial charge is 0.239 e. The second-order valence-corrected chi connectivity index (χ2v) is 4.51. The van der Waals surface area contributed by atoms with Crippen LogP contribution in [0, 0.1) is 17.6 Å². The van der Waals surface area contributed by atoms with Gasteiger partial charge in [0.25, 0.3) is 0 Å². The fourth-order valence-corrected chi connectivity index (χ4v) is 1.35. The zero-order valence-electron chi connectivity index (χ0n) is 10.6. The van der Waals surface area contributed by atoms with Crippen LogP contribution >= 0.6 is 0 Å². The summed E-state index contributed by atoms with van der Waals surface area (Å²) < 4.78 is 25.5. The largest absolute Gasteiger partial charge is 0.376 e. The van der Waals surface area contributed by atoms with Crippen molar-refractivity contribution in [1.29, 1.82) is 0 Å². The lowest BCUT2D eigenvalue weighted by molar-refractivity contribution is -0.119. The summed E-state index contributed by atoms with van der Waals surface area (Å²) in [6.07, 6.45) is 0.914. The Morgan fingerprint density at radius 2 is 2.00 bits per heavy atom. The van der Waals surface area contributed by atoms with Crippen molar-refractivity contribution in [3.8, 4) is 0 Å². The molecule has 1 aromatic carbocycles. The first-order valence-corrected chi connectivity index (χ1v) is 5.94. The van der Waals surface area contributed by atoms with Gasteiger partial charge in [0, 0.05) is 18.3 Å². The predicted octanol–water partition coefficient (Wildman–Crippen LogP) is 2.54. The Morgan fingerprint density at radius 1 is 1.28 bits per heavy atom. The average molecular weight is 256 g/mol. The van der Waals surface area contributed by atoms with Gasteiger partial charge in [-0.15, -0.1) is 0 Å². The Labute approximate surface area is 106 Å². The molecule has 0 atom stereocenters. The molecule has 2 N–H and O–H groups in total. The Hall–Kier alpha value is -1.65. The van der Waals surface area contributed by atoms with E-state index in [4.69, 9.17) is 0 Å². The Balaban J connectivity index is 2.31. The van der Waals surface area contributed by atoms with Crippen LogP contribution in [-0.4, -0.2) is 19.0 Å². The molecule has 1 rings (SSSR count). The van der Waals surface area contributed by atoms with Gasteiger partial charge in [0.1, 0.15) is 0 Å². The minimum atomic E-state index is -0.930. The van der Waals surface area contributed by atoms with Crippen molar-refractivity contribution in [2.24, 2.45) is 5.92 Å². The highest BCUT2D eigenvalue weighted by molar-refractivity contribution is 5.80. The first-order valence-electron chi connectivity index (χ1n) is 5.94. The number of carbonyl (C=O) groups is 1. The Bertz CT molecular complexity index is 408. The summed E-state index contributed by atoms with van der Waals surface area (Å²) in [5, 5.41) is 5.47. The molecular formula is C13H18F2N2O. The topological polar surface area (TPSA) is 41.1 Å². The van der Waals surface area contributed by atoms with E-state index < -0.39 is 11.6 Å². The van der Waals surface area contributed by atoms with E-state index in [-0.39, 0.29) is 12.5 Å². The summed E-state index contributed by atoms with van der Waals surface area (Å²) in [6.45, 7) is 4.82. The number of hydrogen-bond donors (Lipinski definition) is 2. The number of amides is 1. The van der Waals surface area contributed by atoms with E-state index in [1.54, 1.807) is 0 Å². The van der Waals surface area contributed by atoms with Gasteiger partial charge in [0.2, 0.25) is 5.91 Å². The fourth-order valence-electron chi connectivity index (χ4n) is 1.35. The van der Waals surface area contributed by atoms with E-state index >= 15 is 0 Å². The van der Waals surface area contributed by atoms with Gasteiger partial charge in [0.05, 0.1) is 6.54 Å². The number of benzene rings is 1. The third-order valence-electron chi connectivity index (χ3n) is 2.42. The second kappa shape index (κ2) is 6.93. The fraction of sp³-hybridized carbons (Fsp3) is 0.462. The summed E-state index contributed by atoms with van der Waals surface area (Å²) in [6, 6.07) is 3.44. The van der Waals surface area contributed by atoms with E-state index in [1.165, 1.54) is 6.07 Å². The van der Waals surface area contributed by atoms with Gasteiger partial charge in [-0.05, 0) is 24.5 Å². The minimum Gasteiger partial charge on any atom is -0.376 e. The lowest BCUT2D eigenvalue weighted by Gasteiger charge is -2.09. The average Bonchev–Trinajstić information content (AvgIpc) is 2.30. The molecule has 0 aliphatic rings. The molecule has 0 spiro atoms. The van der Waals surface area contributed by atoms with Gasteiger partial charge in [-0.2, -0.15) is 0 Å². The lowest BCUT2D eigenvalue weighted by atomic mass is 10.1. The number of rotatable bonds is 6. The normalized spacial score (nSPS) is 10.5. The molecular weight excluding hydrogens is 238 g/mol. The standard InChI is InChI=1S/C13H18F2N2O/c1-9(2)5-6-16-13(18)8-17-10-3-4-11(14)12(15)7-10/h3-4,7,9,17H,5-6,8H2,1-2H3,(H,16,18). The zero-order valence-corrected chi connectivity index (χ0v) is 10.6. The van der Waals surface area contributed by atoms with Crippen molar-refractivity contribution >= 4 is 11.6 Å². The minimum absolute atomic E-state index is 0.0448. The van der Waals surface area contributed by atoms with Crippen LogP contribution in [0.25, 0.3) is 0 Å². The van der Waals surface area contributed by atoms with Crippen LogP contribution in [0.3, 0.4) is 0 Å². The zero-order chi connectivity index (χ0) is 13.5. The number of hydrogen-bond acceptors (Lipinski definition) is 2. The summed E-state index contributed by atoms with van der Waals surface area (Å²) >= 11 is 0. The highest BCUT2D eigenvalue weighted by Gasteiger charge is 2.04.